The minimum atomic E-state index is -5.73. The van der Waals surface area contributed by atoms with E-state index in [2.05, 4.69) is 34.5 Å². The van der Waals surface area contributed by atoms with Crippen molar-refractivity contribution in [3.8, 4) is 5.75 Å². The van der Waals surface area contributed by atoms with Crippen LogP contribution in [0.1, 0.15) is 54.9 Å². The van der Waals surface area contributed by atoms with Crippen LogP contribution >= 0.6 is 0 Å². The molecule has 1 aliphatic carbocycles. The lowest BCUT2D eigenvalue weighted by atomic mass is 9.65. The molecule has 0 radical (unpaired) electrons. The minimum Gasteiger partial charge on any atom is -0.376 e. The standard InChI is InChI=1S/C29H29F3O3S/c1-2-9-25-20-26(35-36(33,34)29(30,31)32)14-15-27(25)28(21-22-10-5-3-6-11-22)18-16-24(17-19-28)23-12-7-4-8-13-23/h3-8,10-16,20H,2,9,17-19,21H2,1H3. The van der Waals surface area contributed by atoms with Crippen LogP contribution in [0.25, 0.3) is 5.57 Å². The van der Waals surface area contributed by atoms with Gasteiger partial charge in [-0.05, 0) is 72.1 Å². The van der Waals surface area contributed by atoms with Gasteiger partial charge in [-0.2, -0.15) is 21.6 Å². The van der Waals surface area contributed by atoms with E-state index in [1.54, 1.807) is 6.07 Å². The number of aryl methyl sites for hydroxylation is 1. The normalized spacial score (nSPS) is 18.5. The zero-order valence-electron chi connectivity index (χ0n) is 20.1. The van der Waals surface area contributed by atoms with Gasteiger partial charge in [0.15, 0.2) is 0 Å². The van der Waals surface area contributed by atoms with E-state index in [0.717, 1.165) is 43.2 Å². The summed E-state index contributed by atoms with van der Waals surface area (Å²) < 4.78 is 66.3. The molecular formula is C29H29F3O3S. The summed E-state index contributed by atoms with van der Waals surface area (Å²) in [6.45, 7) is 1.99. The summed E-state index contributed by atoms with van der Waals surface area (Å²) in [6, 6.07) is 25.0. The minimum absolute atomic E-state index is 0.272. The molecule has 0 bridgehead atoms. The lowest BCUT2D eigenvalue weighted by molar-refractivity contribution is -0.0500. The highest BCUT2D eigenvalue weighted by Crippen LogP contribution is 2.46. The highest BCUT2D eigenvalue weighted by molar-refractivity contribution is 7.88. The van der Waals surface area contributed by atoms with Crippen LogP contribution in [0.3, 0.4) is 0 Å². The Hall–Kier alpha value is -3.06. The smallest absolute Gasteiger partial charge is 0.376 e. The quantitative estimate of drug-likeness (QED) is 0.229. The van der Waals surface area contributed by atoms with Crippen LogP contribution in [0.5, 0.6) is 5.75 Å². The van der Waals surface area contributed by atoms with Gasteiger partial charge < -0.3 is 4.18 Å². The Kier molecular flexibility index (Phi) is 7.59. The molecule has 1 atom stereocenters. The summed E-state index contributed by atoms with van der Waals surface area (Å²) in [4.78, 5) is 0. The zero-order valence-corrected chi connectivity index (χ0v) is 20.9. The first kappa shape index (κ1) is 26.0. The number of rotatable bonds is 8. The van der Waals surface area contributed by atoms with Crippen molar-refractivity contribution < 1.29 is 25.8 Å². The molecule has 3 nitrogen and oxygen atoms in total. The number of benzene rings is 3. The van der Waals surface area contributed by atoms with E-state index in [1.807, 2.05) is 43.3 Å². The van der Waals surface area contributed by atoms with Crippen molar-refractivity contribution in [3.05, 3.63) is 107 Å². The first-order valence-electron chi connectivity index (χ1n) is 12.1. The van der Waals surface area contributed by atoms with E-state index in [1.165, 1.54) is 28.8 Å². The highest BCUT2D eigenvalue weighted by Gasteiger charge is 2.48. The van der Waals surface area contributed by atoms with Gasteiger partial charge in [-0.1, -0.05) is 86.2 Å². The van der Waals surface area contributed by atoms with Gasteiger partial charge in [0.25, 0.3) is 0 Å². The molecule has 1 aliphatic rings. The Labute approximate surface area is 210 Å². The second-order valence-corrected chi connectivity index (χ2v) is 10.8. The lowest BCUT2D eigenvalue weighted by Gasteiger charge is -2.39. The summed E-state index contributed by atoms with van der Waals surface area (Å²) >= 11 is 0. The molecule has 0 fully saturated rings. The van der Waals surface area contributed by atoms with Crippen molar-refractivity contribution in [1.82, 2.24) is 0 Å². The molecule has 1 unspecified atom stereocenters. The fraction of sp³-hybridized carbons (Fsp3) is 0.310. The molecule has 0 spiro atoms. The maximum absolute atomic E-state index is 12.9. The molecule has 0 aliphatic heterocycles. The zero-order chi connectivity index (χ0) is 25.8. The molecule has 0 saturated carbocycles. The number of hydrogen-bond acceptors (Lipinski definition) is 3. The first-order chi connectivity index (χ1) is 17.1. The van der Waals surface area contributed by atoms with E-state index in [-0.39, 0.29) is 11.2 Å². The third-order valence-corrected chi connectivity index (χ3v) is 7.78. The van der Waals surface area contributed by atoms with Crippen LogP contribution in [-0.2, 0) is 28.4 Å². The number of allylic oxidation sites excluding steroid dienone is 2. The van der Waals surface area contributed by atoms with Crippen LogP contribution in [0.15, 0.2) is 84.9 Å². The van der Waals surface area contributed by atoms with E-state index >= 15 is 0 Å². The average molecular weight is 515 g/mol. The Bertz CT molecular complexity index is 1320. The van der Waals surface area contributed by atoms with Gasteiger partial charge in [0, 0.05) is 5.41 Å². The van der Waals surface area contributed by atoms with Crippen molar-refractivity contribution in [3.63, 3.8) is 0 Å². The first-order valence-corrected chi connectivity index (χ1v) is 13.5. The van der Waals surface area contributed by atoms with Crippen LogP contribution in [0.2, 0.25) is 0 Å². The van der Waals surface area contributed by atoms with Crippen molar-refractivity contribution in [2.45, 2.75) is 56.4 Å². The monoisotopic (exact) mass is 514 g/mol. The van der Waals surface area contributed by atoms with Gasteiger partial charge in [0.2, 0.25) is 0 Å². The van der Waals surface area contributed by atoms with E-state index in [0.29, 0.717) is 6.42 Å². The van der Waals surface area contributed by atoms with Gasteiger partial charge in [-0.15, -0.1) is 0 Å². The van der Waals surface area contributed by atoms with Crippen LogP contribution in [-0.4, -0.2) is 13.9 Å². The molecule has 7 heteroatoms. The average Bonchev–Trinajstić information content (AvgIpc) is 2.85. The summed E-state index contributed by atoms with van der Waals surface area (Å²) in [5, 5.41) is 0. The van der Waals surface area contributed by atoms with E-state index in [4.69, 9.17) is 0 Å². The molecule has 0 amide bonds. The molecule has 0 heterocycles. The molecule has 0 saturated heterocycles. The topological polar surface area (TPSA) is 43.4 Å². The largest absolute Gasteiger partial charge is 0.534 e. The molecule has 36 heavy (non-hydrogen) atoms. The van der Waals surface area contributed by atoms with Crippen LogP contribution in [0, 0.1) is 0 Å². The predicted octanol–water partition coefficient (Wildman–Crippen LogP) is 7.62. The maximum Gasteiger partial charge on any atom is 0.534 e. The maximum atomic E-state index is 12.9. The number of alkyl halides is 3. The molecule has 190 valence electrons. The SMILES string of the molecule is CCCc1cc(OS(=O)(=O)C(F)(F)F)ccc1C1(Cc2ccccc2)CC=C(c2ccccc2)CC1. The van der Waals surface area contributed by atoms with Gasteiger partial charge in [-0.25, -0.2) is 0 Å². The second kappa shape index (κ2) is 10.5. The summed E-state index contributed by atoms with van der Waals surface area (Å²) in [7, 11) is -5.73. The highest BCUT2D eigenvalue weighted by atomic mass is 32.2. The van der Waals surface area contributed by atoms with E-state index in [9.17, 15) is 21.6 Å². The Morgan fingerprint density at radius 1 is 0.944 bits per heavy atom. The van der Waals surface area contributed by atoms with Gasteiger partial charge >= 0.3 is 15.6 Å². The summed E-state index contributed by atoms with van der Waals surface area (Å²) in [5.41, 5.74) is -0.239. The Balaban J connectivity index is 1.75. The molecular weight excluding hydrogens is 485 g/mol. The van der Waals surface area contributed by atoms with Gasteiger partial charge in [-0.3, -0.25) is 0 Å². The van der Waals surface area contributed by atoms with Crippen molar-refractivity contribution >= 4 is 15.7 Å². The van der Waals surface area contributed by atoms with Crippen molar-refractivity contribution in [1.29, 1.82) is 0 Å². The molecule has 0 N–H and O–H groups in total. The fourth-order valence-corrected chi connectivity index (χ4v) is 5.54. The third-order valence-electron chi connectivity index (χ3n) is 6.80. The van der Waals surface area contributed by atoms with Crippen molar-refractivity contribution in [2.75, 3.05) is 0 Å². The molecule has 0 aromatic heterocycles. The second-order valence-electron chi connectivity index (χ2n) is 9.29. The Morgan fingerprint density at radius 2 is 1.61 bits per heavy atom. The summed E-state index contributed by atoms with van der Waals surface area (Å²) in [6.07, 6.45) is 6.90. The van der Waals surface area contributed by atoms with Crippen LogP contribution < -0.4 is 4.18 Å². The molecule has 4 rings (SSSR count). The summed E-state index contributed by atoms with van der Waals surface area (Å²) in [5.74, 6) is -0.314. The van der Waals surface area contributed by atoms with Crippen LogP contribution in [0.4, 0.5) is 13.2 Å². The Morgan fingerprint density at radius 3 is 2.19 bits per heavy atom. The fourth-order valence-electron chi connectivity index (χ4n) is 5.09. The van der Waals surface area contributed by atoms with Gasteiger partial charge in [0.1, 0.15) is 5.75 Å². The number of halogens is 3. The lowest BCUT2D eigenvalue weighted by Crippen LogP contribution is -2.32. The van der Waals surface area contributed by atoms with Crippen molar-refractivity contribution in [2.24, 2.45) is 0 Å². The van der Waals surface area contributed by atoms with E-state index < -0.39 is 15.6 Å². The van der Waals surface area contributed by atoms with Gasteiger partial charge in [0.05, 0.1) is 0 Å². The third kappa shape index (κ3) is 5.67. The number of hydrogen-bond donors (Lipinski definition) is 0. The predicted molar refractivity (Wildman–Crippen MR) is 136 cm³/mol. The molecule has 3 aromatic rings. The molecule has 3 aromatic carbocycles.